The molecular weight excluding hydrogens is 466 g/mol. The van der Waals surface area contributed by atoms with Crippen molar-refractivity contribution in [2.75, 3.05) is 51.6 Å². The summed E-state index contributed by atoms with van der Waals surface area (Å²) >= 11 is 3.23. The van der Waals surface area contributed by atoms with Crippen LogP contribution in [-0.4, -0.2) is 62.4 Å². The number of carbonyl (C=O) groups excluding carboxylic acids is 1. The van der Waals surface area contributed by atoms with Crippen molar-refractivity contribution in [3.8, 4) is 11.5 Å². The van der Waals surface area contributed by atoms with Gasteiger partial charge in [0.1, 0.15) is 0 Å². The van der Waals surface area contributed by atoms with Crippen molar-refractivity contribution < 1.29 is 14.3 Å². The highest BCUT2D eigenvalue weighted by atomic mass is 35.5. The fourth-order valence-electron chi connectivity index (χ4n) is 3.40. The minimum atomic E-state index is -0.146. The van der Waals surface area contributed by atoms with Gasteiger partial charge in [0.25, 0.3) is 5.91 Å². The van der Waals surface area contributed by atoms with Crippen LogP contribution >= 0.6 is 35.5 Å². The maximum atomic E-state index is 13.7. The molecule has 3 rings (SSSR count). The molecule has 0 saturated heterocycles. The first kappa shape index (κ1) is 26.3. The number of amides is 1. The van der Waals surface area contributed by atoms with Crippen LogP contribution in [0.15, 0.2) is 41.3 Å². The molecule has 0 aliphatic rings. The number of aromatic nitrogens is 1. The summed E-state index contributed by atoms with van der Waals surface area (Å²) < 4.78 is 12.0. The highest BCUT2D eigenvalue weighted by Crippen LogP contribution is 2.35. The maximum Gasteiger partial charge on any atom is 0.264 e. The summed E-state index contributed by atoms with van der Waals surface area (Å²) in [6.45, 7) is 7.41. The van der Waals surface area contributed by atoms with Gasteiger partial charge in [0, 0.05) is 18.0 Å². The monoisotopic (exact) mass is 495 g/mol. The van der Waals surface area contributed by atoms with E-state index in [2.05, 4.69) is 37.1 Å². The first-order chi connectivity index (χ1) is 15.1. The number of thioether (sulfide) groups is 1. The third-order valence-electron chi connectivity index (χ3n) is 5.23. The van der Waals surface area contributed by atoms with Crippen LogP contribution in [-0.2, 0) is 0 Å². The minimum Gasteiger partial charge on any atom is -0.493 e. The quantitative estimate of drug-likeness (QED) is 0.349. The Kier molecular flexibility index (Phi) is 10.1. The first-order valence-corrected chi connectivity index (χ1v) is 12.3. The van der Waals surface area contributed by atoms with E-state index in [1.165, 1.54) is 16.2 Å². The molecule has 0 bridgehead atoms. The van der Waals surface area contributed by atoms with Gasteiger partial charge in [0.2, 0.25) is 0 Å². The van der Waals surface area contributed by atoms with Crippen LogP contribution in [0.1, 0.15) is 24.2 Å². The van der Waals surface area contributed by atoms with Crippen molar-refractivity contribution in [2.45, 2.75) is 18.7 Å². The molecule has 3 aromatic rings. The lowest BCUT2D eigenvalue weighted by molar-refractivity contribution is 0.0980. The Hall–Kier alpha value is -2.00. The summed E-state index contributed by atoms with van der Waals surface area (Å²) in [6.07, 6.45) is 2.05. The highest BCUT2D eigenvalue weighted by Gasteiger charge is 2.26. The van der Waals surface area contributed by atoms with Crippen molar-refractivity contribution in [3.63, 3.8) is 0 Å². The number of benzene rings is 2. The molecule has 2 aromatic carbocycles. The van der Waals surface area contributed by atoms with E-state index in [0.717, 1.165) is 29.9 Å². The number of para-hydroxylation sites is 1. The number of methoxy groups -OCH3 is 2. The summed E-state index contributed by atoms with van der Waals surface area (Å²) in [6, 6.07) is 11.6. The van der Waals surface area contributed by atoms with Gasteiger partial charge in [-0.2, -0.15) is 0 Å². The Morgan fingerprint density at radius 1 is 1.09 bits per heavy atom. The number of carbonyl (C=O) groups is 1. The van der Waals surface area contributed by atoms with Gasteiger partial charge in [0.05, 0.1) is 30.0 Å². The summed E-state index contributed by atoms with van der Waals surface area (Å²) in [7, 11) is 3.12. The first-order valence-electron chi connectivity index (χ1n) is 10.3. The zero-order chi connectivity index (χ0) is 22.4. The standard InChI is InChI=1S/C23H29N3O3S2.ClH/c1-6-25(7-2)13-14-26(22(27)17-9-8-10-19(28-3)21(17)29-4)23-24-18-12-11-16(30-5)15-20(18)31-23;/h8-12,15H,6-7,13-14H2,1-5H3;1H. The Morgan fingerprint density at radius 2 is 1.84 bits per heavy atom. The largest absolute Gasteiger partial charge is 0.493 e. The molecule has 32 heavy (non-hydrogen) atoms. The minimum absolute atomic E-state index is 0. The van der Waals surface area contributed by atoms with Crippen molar-refractivity contribution in [1.82, 2.24) is 9.88 Å². The third-order valence-corrected chi connectivity index (χ3v) is 6.99. The molecule has 9 heteroatoms. The van der Waals surface area contributed by atoms with E-state index in [-0.39, 0.29) is 18.3 Å². The van der Waals surface area contributed by atoms with Gasteiger partial charge >= 0.3 is 0 Å². The molecule has 1 aromatic heterocycles. The zero-order valence-electron chi connectivity index (χ0n) is 19.1. The fourth-order valence-corrected chi connectivity index (χ4v) is 4.95. The lowest BCUT2D eigenvalue weighted by Gasteiger charge is -2.25. The SMILES string of the molecule is CCN(CC)CCN(C(=O)c1cccc(OC)c1OC)c1nc2ccc(SC)cc2s1.Cl. The number of likely N-dealkylation sites (N-methyl/N-ethyl adjacent to an activating group) is 1. The Bertz CT molecular complexity index is 1040. The maximum absolute atomic E-state index is 13.7. The summed E-state index contributed by atoms with van der Waals surface area (Å²) in [4.78, 5) is 23.7. The van der Waals surface area contributed by atoms with E-state index in [1.807, 2.05) is 6.07 Å². The number of anilines is 1. The number of nitrogens with zero attached hydrogens (tertiary/aromatic N) is 3. The van der Waals surface area contributed by atoms with E-state index in [4.69, 9.17) is 14.5 Å². The lowest BCUT2D eigenvalue weighted by Crippen LogP contribution is -2.39. The second kappa shape index (κ2) is 12.3. The molecule has 0 unspecified atom stereocenters. The Morgan fingerprint density at radius 3 is 2.47 bits per heavy atom. The predicted octanol–water partition coefficient (Wildman–Crippen LogP) is 5.45. The van der Waals surface area contributed by atoms with E-state index in [1.54, 1.807) is 49.1 Å². The van der Waals surface area contributed by atoms with E-state index < -0.39 is 0 Å². The molecule has 1 heterocycles. The third kappa shape index (κ3) is 5.67. The van der Waals surface area contributed by atoms with Crippen LogP contribution in [0.2, 0.25) is 0 Å². The molecule has 6 nitrogen and oxygen atoms in total. The van der Waals surface area contributed by atoms with Gasteiger partial charge in [-0.05, 0) is 49.7 Å². The Balaban J connectivity index is 0.00000363. The molecule has 174 valence electrons. The molecule has 0 N–H and O–H groups in total. The van der Waals surface area contributed by atoms with Crippen molar-refractivity contribution >= 4 is 56.8 Å². The molecule has 0 spiro atoms. The van der Waals surface area contributed by atoms with Gasteiger partial charge in [0.15, 0.2) is 16.6 Å². The molecular formula is C23H30ClN3O3S2. The lowest BCUT2D eigenvalue weighted by atomic mass is 10.1. The molecule has 1 amide bonds. The van der Waals surface area contributed by atoms with Crippen molar-refractivity contribution in [3.05, 3.63) is 42.0 Å². The van der Waals surface area contributed by atoms with Crippen LogP contribution in [0.4, 0.5) is 5.13 Å². The van der Waals surface area contributed by atoms with Gasteiger partial charge in [-0.15, -0.1) is 24.2 Å². The average Bonchev–Trinajstić information content (AvgIpc) is 3.23. The number of thiazole rings is 1. The van der Waals surface area contributed by atoms with Crippen molar-refractivity contribution in [2.24, 2.45) is 0 Å². The molecule has 0 aliphatic carbocycles. The number of rotatable bonds is 10. The van der Waals surface area contributed by atoms with Crippen LogP contribution in [0.3, 0.4) is 0 Å². The van der Waals surface area contributed by atoms with Crippen LogP contribution in [0, 0.1) is 0 Å². The van der Waals surface area contributed by atoms with E-state index >= 15 is 0 Å². The van der Waals surface area contributed by atoms with Gasteiger partial charge < -0.3 is 14.4 Å². The summed E-state index contributed by atoms with van der Waals surface area (Å²) in [5.41, 5.74) is 1.36. The van der Waals surface area contributed by atoms with Crippen LogP contribution in [0.5, 0.6) is 11.5 Å². The van der Waals surface area contributed by atoms with E-state index in [0.29, 0.717) is 28.7 Å². The van der Waals surface area contributed by atoms with Gasteiger partial charge in [-0.25, -0.2) is 4.98 Å². The normalized spacial score (nSPS) is 10.8. The highest BCUT2D eigenvalue weighted by molar-refractivity contribution is 7.98. The summed E-state index contributed by atoms with van der Waals surface area (Å²) in [5, 5.41) is 0.690. The average molecular weight is 496 g/mol. The predicted molar refractivity (Wildman–Crippen MR) is 138 cm³/mol. The zero-order valence-corrected chi connectivity index (χ0v) is 21.5. The molecule has 0 radical (unpaired) electrons. The van der Waals surface area contributed by atoms with Gasteiger partial charge in [-0.3, -0.25) is 9.69 Å². The van der Waals surface area contributed by atoms with E-state index in [9.17, 15) is 4.79 Å². The molecule has 0 atom stereocenters. The van der Waals surface area contributed by atoms with Crippen molar-refractivity contribution in [1.29, 1.82) is 0 Å². The second-order valence-electron chi connectivity index (χ2n) is 6.85. The molecule has 0 fully saturated rings. The fraction of sp³-hybridized carbons (Fsp3) is 0.391. The van der Waals surface area contributed by atoms with Crippen LogP contribution < -0.4 is 14.4 Å². The second-order valence-corrected chi connectivity index (χ2v) is 8.74. The number of hydrogen-bond acceptors (Lipinski definition) is 7. The smallest absolute Gasteiger partial charge is 0.264 e. The molecule has 0 aliphatic heterocycles. The van der Waals surface area contributed by atoms with Gasteiger partial charge in [-0.1, -0.05) is 31.3 Å². The summed E-state index contributed by atoms with van der Waals surface area (Å²) in [5.74, 6) is 0.826. The Labute approximate surface area is 204 Å². The molecule has 0 saturated carbocycles. The number of halogens is 1. The van der Waals surface area contributed by atoms with Crippen LogP contribution in [0.25, 0.3) is 10.2 Å². The number of ether oxygens (including phenoxy) is 2. The number of hydrogen-bond donors (Lipinski definition) is 0. The topological polar surface area (TPSA) is 54.9 Å². The number of fused-ring (bicyclic) bond motifs is 1.